The number of aromatic nitrogens is 1. The lowest BCUT2D eigenvalue weighted by molar-refractivity contribution is 0.290. The molecule has 0 aliphatic rings. The molecule has 0 bridgehead atoms. The van der Waals surface area contributed by atoms with Gasteiger partial charge in [0.25, 0.3) is 0 Å². The van der Waals surface area contributed by atoms with Crippen LogP contribution in [0.3, 0.4) is 0 Å². The molecule has 2 aromatic rings. The number of fused-ring (bicyclic) bond motifs is 1. The van der Waals surface area contributed by atoms with E-state index in [-0.39, 0.29) is 0 Å². The lowest BCUT2D eigenvalue weighted by Gasteiger charge is -1.94. The van der Waals surface area contributed by atoms with Gasteiger partial charge in [0.1, 0.15) is 5.39 Å². The van der Waals surface area contributed by atoms with E-state index in [2.05, 4.69) is 4.98 Å². The zero-order valence-corrected chi connectivity index (χ0v) is 7.57. The maximum Gasteiger partial charge on any atom is 0.529 e. The van der Waals surface area contributed by atoms with Crippen LogP contribution in [0.25, 0.3) is 10.9 Å². The van der Waals surface area contributed by atoms with Gasteiger partial charge in [-0.25, -0.2) is 0 Å². The van der Waals surface area contributed by atoms with Crippen molar-refractivity contribution in [1.29, 1.82) is 0 Å². The van der Waals surface area contributed by atoms with Gasteiger partial charge in [0.05, 0.1) is 5.52 Å². The van der Waals surface area contributed by atoms with Crippen molar-refractivity contribution in [2.24, 2.45) is 0 Å². The molecule has 0 atom stereocenters. The second-order valence-corrected chi connectivity index (χ2v) is 2.74. The molecule has 1 heterocycles. The van der Waals surface area contributed by atoms with E-state index in [0.29, 0.717) is 11.8 Å². The highest BCUT2D eigenvalue weighted by molar-refractivity contribution is 5.82. The van der Waals surface area contributed by atoms with E-state index in [0.717, 1.165) is 10.9 Å². The highest BCUT2D eigenvalue weighted by Crippen LogP contribution is 2.24. The number of aryl methyl sites for hydroxylation is 1. The van der Waals surface area contributed by atoms with E-state index in [9.17, 15) is 0 Å². The number of hydrogen-bond donors (Lipinski definition) is 0. The van der Waals surface area contributed by atoms with Gasteiger partial charge in [-0.2, -0.15) is 4.98 Å². The van der Waals surface area contributed by atoms with Crippen molar-refractivity contribution in [2.75, 3.05) is 7.11 Å². The Hall–Kier alpha value is -1.64. The molecule has 3 nitrogen and oxygen atoms in total. The first-order chi connectivity index (χ1) is 6.31. The molecule has 0 radical (unpaired) electrons. The minimum atomic E-state index is 0.517. The van der Waals surface area contributed by atoms with Crippen LogP contribution in [0.1, 0.15) is 5.89 Å². The van der Waals surface area contributed by atoms with E-state index in [1.165, 1.54) is 0 Å². The van der Waals surface area contributed by atoms with E-state index in [4.69, 9.17) is 9.15 Å². The minimum absolute atomic E-state index is 0.517. The lowest BCUT2D eigenvalue weighted by atomic mass is 10.2. The molecule has 0 aliphatic carbocycles. The summed E-state index contributed by atoms with van der Waals surface area (Å²) in [5, 5.41) is 0.899. The van der Waals surface area contributed by atoms with Gasteiger partial charge >= 0.3 is 11.8 Å². The smallest absolute Gasteiger partial charge is 0.321 e. The average Bonchev–Trinajstić information content (AvgIpc) is 2.16. The number of methoxy groups -OCH3 is 1. The Morgan fingerprint density at radius 3 is 2.85 bits per heavy atom. The largest absolute Gasteiger partial charge is 0.529 e. The molecule has 0 saturated heterocycles. The summed E-state index contributed by atoms with van der Waals surface area (Å²) in [6.07, 6.45) is 0. The van der Waals surface area contributed by atoms with Crippen LogP contribution in [0.2, 0.25) is 0 Å². The Kier molecular flexibility index (Phi) is 1.85. The highest BCUT2D eigenvalue weighted by atomic mass is 16.6. The summed E-state index contributed by atoms with van der Waals surface area (Å²) in [6, 6.07) is 7.72. The maximum absolute atomic E-state index is 5.31. The molecule has 0 fully saturated rings. The molecular weight excluding hydrogens is 166 g/mol. The van der Waals surface area contributed by atoms with Crippen molar-refractivity contribution >= 4 is 10.9 Å². The summed E-state index contributed by atoms with van der Waals surface area (Å²) in [7, 11) is 1.59. The van der Waals surface area contributed by atoms with Gasteiger partial charge in [-0.05, 0) is 12.1 Å². The first-order valence-corrected chi connectivity index (χ1v) is 4.05. The summed E-state index contributed by atoms with van der Waals surface area (Å²) < 4.78 is 10.4. The van der Waals surface area contributed by atoms with E-state index >= 15 is 0 Å². The second kappa shape index (κ2) is 3.01. The highest BCUT2D eigenvalue weighted by Gasteiger charge is 2.15. The summed E-state index contributed by atoms with van der Waals surface area (Å²) in [6.45, 7) is 1.80. The van der Waals surface area contributed by atoms with Crippen molar-refractivity contribution < 1.29 is 9.15 Å². The van der Waals surface area contributed by atoms with E-state index in [1.807, 2.05) is 24.3 Å². The predicted octanol–water partition coefficient (Wildman–Crippen LogP) is 2.43. The number of benzene rings is 1. The van der Waals surface area contributed by atoms with Gasteiger partial charge in [-0.15, -0.1) is 0 Å². The minimum Gasteiger partial charge on any atom is -0.321 e. The summed E-state index contributed by atoms with van der Waals surface area (Å²) in [5.41, 5.74) is 0.892. The molecular formula is C10H10NO2+. The van der Waals surface area contributed by atoms with E-state index in [1.54, 1.807) is 14.0 Å². The molecule has 0 saturated carbocycles. The third kappa shape index (κ3) is 1.33. The van der Waals surface area contributed by atoms with Crippen LogP contribution < -0.4 is 4.74 Å². The number of ether oxygens (including phenoxy) is 1. The van der Waals surface area contributed by atoms with Gasteiger partial charge in [-0.1, -0.05) is 12.1 Å². The number of rotatable bonds is 1. The third-order valence-corrected chi connectivity index (χ3v) is 1.83. The van der Waals surface area contributed by atoms with Crippen LogP contribution in [-0.2, 0) is 0 Å². The number of hydrogen-bond acceptors (Lipinski definition) is 2. The lowest BCUT2D eigenvalue weighted by Crippen LogP contribution is -1.89. The molecule has 0 N–H and O–H groups in total. The first-order valence-electron chi connectivity index (χ1n) is 4.05. The molecule has 0 amide bonds. The Balaban J connectivity index is 2.81. The van der Waals surface area contributed by atoms with E-state index < -0.39 is 0 Å². The average molecular weight is 176 g/mol. The number of nitrogens with zero attached hydrogens (tertiary/aromatic N) is 1. The summed E-state index contributed by atoms with van der Waals surface area (Å²) in [5.74, 6) is 1.12. The molecule has 1 aromatic heterocycles. The zero-order valence-electron chi connectivity index (χ0n) is 7.57. The predicted molar refractivity (Wildman–Crippen MR) is 49.7 cm³/mol. The molecule has 0 unspecified atom stereocenters. The maximum atomic E-state index is 5.31. The molecule has 3 heteroatoms. The van der Waals surface area contributed by atoms with Crippen LogP contribution in [-0.4, -0.2) is 12.1 Å². The topological polar surface area (TPSA) is 33.4 Å². The Bertz CT molecular complexity index is 440. The fourth-order valence-electron chi connectivity index (χ4n) is 1.28. The van der Waals surface area contributed by atoms with Gasteiger partial charge in [0, 0.05) is 6.92 Å². The first kappa shape index (κ1) is 7.98. The summed E-state index contributed by atoms with van der Waals surface area (Å²) >= 11 is 0. The third-order valence-electron chi connectivity index (χ3n) is 1.83. The standard InChI is InChI=1S/C10H10NO2/c1-7-11-9-6-4-3-5-8(9)10(12-2)13-7/h3-6H,1-2H3/q+1. The van der Waals surface area contributed by atoms with Crippen LogP contribution in [0.15, 0.2) is 28.7 Å². The number of para-hydroxylation sites is 1. The SMILES string of the molecule is COc1[o+]c(C)nc2ccccc12. The molecule has 13 heavy (non-hydrogen) atoms. The van der Waals surface area contributed by atoms with Gasteiger partial charge < -0.3 is 4.74 Å². The van der Waals surface area contributed by atoms with Gasteiger partial charge in [-0.3, -0.25) is 4.42 Å². The van der Waals surface area contributed by atoms with Gasteiger partial charge in [0.2, 0.25) is 0 Å². The van der Waals surface area contributed by atoms with Crippen molar-refractivity contribution in [3.05, 3.63) is 30.2 Å². The Morgan fingerprint density at radius 1 is 1.31 bits per heavy atom. The van der Waals surface area contributed by atoms with Crippen molar-refractivity contribution in [3.8, 4) is 5.95 Å². The van der Waals surface area contributed by atoms with Crippen LogP contribution in [0, 0.1) is 6.92 Å². The summed E-state index contributed by atoms with van der Waals surface area (Å²) in [4.78, 5) is 4.24. The zero-order chi connectivity index (χ0) is 9.26. The molecule has 1 aromatic carbocycles. The Labute approximate surface area is 76.0 Å². The quantitative estimate of drug-likeness (QED) is 0.625. The van der Waals surface area contributed by atoms with Crippen LogP contribution in [0.5, 0.6) is 5.95 Å². The fraction of sp³-hybridized carbons (Fsp3) is 0.200. The van der Waals surface area contributed by atoms with Gasteiger partial charge in [0.15, 0.2) is 7.11 Å². The second-order valence-electron chi connectivity index (χ2n) is 2.74. The van der Waals surface area contributed by atoms with Crippen LogP contribution >= 0.6 is 0 Å². The fourth-order valence-corrected chi connectivity index (χ4v) is 1.28. The molecule has 66 valence electrons. The monoisotopic (exact) mass is 176 g/mol. The van der Waals surface area contributed by atoms with Crippen molar-refractivity contribution in [3.63, 3.8) is 0 Å². The van der Waals surface area contributed by atoms with Crippen LogP contribution in [0.4, 0.5) is 0 Å². The molecule has 2 rings (SSSR count). The molecule has 0 spiro atoms. The molecule has 0 aliphatic heterocycles. The Morgan fingerprint density at radius 2 is 2.08 bits per heavy atom. The van der Waals surface area contributed by atoms with Crippen molar-refractivity contribution in [1.82, 2.24) is 4.98 Å². The van der Waals surface area contributed by atoms with Crippen molar-refractivity contribution in [2.45, 2.75) is 6.92 Å². The normalized spacial score (nSPS) is 10.3.